The van der Waals surface area contributed by atoms with E-state index in [0.717, 1.165) is 74.7 Å². The number of thioether (sulfide) groups is 3. The molecular formula is C71H84F12I3O18S4-. The molecule has 606 valence electrons. The number of aliphatic hydroxyl groups excluding tert-OH is 1. The van der Waals surface area contributed by atoms with Crippen molar-refractivity contribution < 1.29 is 151 Å². The fraction of sp³-hybridized carbons (Fsp3) is 0.451. The second kappa shape index (κ2) is 52.1. The molecule has 0 aliphatic heterocycles. The molecule has 108 heavy (non-hydrogen) atoms. The molecule has 3 unspecified atom stereocenters. The number of benzene rings is 6. The zero-order valence-electron chi connectivity index (χ0n) is 59.6. The number of ether oxygens (including phenoxy) is 10. The number of esters is 2. The van der Waals surface area contributed by atoms with Crippen molar-refractivity contribution >= 4 is 101 Å². The Hall–Kier alpha value is -5.28. The van der Waals surface area contributed by atoms with E-state index in [0.29, 0.717) is 118 Å². The van der Waals surface area contributed by atoms with E-state index in [-0.39, 0.29) is 44.2 Å². The van der Waals surface area contributed by atoms with Crippen LogP contribution in [0.5, 0.6) is 34.5 Å². The summed E-state index contributed by atoms with van der Waals surface area (Å²) >= 11 is 10.0. The molecule has 0 saturated carbocycles. The fourth-order valence-electron chi connectivity index (χ4n) is 8.18. The summed E-state index contributed by atoms with van der Waals surface area (Å²) in [5.74, 6) is 2.69. The molecule has 6 aromatic carbocycles. The van der Waals surface area contributed by atoms with Gasteiger partial charge < -0.3 is 57.6 Å². The molecule has 0 fully saturated rings. The van der Waals surface area contributed by atoms with Gasteiger partial charge in [-0.2, -0.15) is 61.1 Å². The average molecular weight is 1960 g/mol. The van der Waals surface area contributed by atoms with Crippen LogP contribution in [0.1, 0.15) is 68.0 Å². The van der Waals surface area contributed by atoms with Crippen molar-refractivity contribution in [1.82, 2.24) is 0 Å². The van der Waals surface area contributed by atoms with E-state index in [1.165, 1.54) is 48.2 Å². The molecule has 2 N–H and O–H groups in total. The van der Waals surface area contributed by atoms with E-state index in [4.69, 9.17) is 52.5 Å². The van der Waals surface area contributed by atoms with Crippen LogP contribution in [0.4, 0.5) is 52.7 Å². The molecule has 0 heterocycles. The number of carboxylic acid groups (broad SMARTS) is 1. The Bertz CT molecular complexity index is 3680. The number of alkyl halides is 12. The van der Waals surface area contributed by atoms with Crippen molar-refractivity contribution in [3.05, 3.63) is 161 Å². The van der Waals surface area contributed by atoms with Crippen LogP contribution in [-0.4, -0.2) is 152 Å². The van der Waals surface area contributed by atoms with E-state index in [2.05, 4.69) is 41.4 Å². The molecular weight excluding hydrogens is 1880 g/mol. The van der Waals surface area contributed by atoms with Gasteiger partial charge in [0.05, 0.1) is 69.5 Å². The molecule has 0 aliphatic carbocycles. The zero-order chi connectivity index (χ0) is 81.1. The Morgan fingerprint density at radius 1 is 0.435 bits per heavy atom. The second-order valence-electron chi connectivity index (χ2n) is 22.0. The Balaban J connectivity index is 0.000000507. The van der Waals surface area contributed by atoms with Gasteiger partial charge in [0.2, 0.25) is 0 Å². The van der Waals surface area contributed by atoms with Gasteiger partial charge in [0.1, 0.15) is 34.5 Å². The molecule has 0 saturated heterocycles. The number of carbonyl (C=O) groups excluding carboxylic acids is 2. The number of rotatable bonds is 38. The van der Waals surface area contributed by atoms with Crippen molar-refractivity contribution in [2.45, 2.75) is 94.1 Å². The van der Waals surface area contributed by atoms with Crippen LogP contribution in [0.3, 0.4) is 0 Å². The average Bonchev–Trinajstić information content (AvgIpc) is 0.875. The summed E-state index contributed by atoms with van der Waals surface area (Å²) in [4.78, 5) is 36.4. The Morgan fingerprint density at radius 2 is 0.731 bits per heavy atom. The van der Waals surface area contributed by atoms with Gasteiger partial charge in [-0.15, -0.1) is 35.3 Å². The number of hydrogen-bond acceptors (Lipinski definition) is 20. The van der Waals surface area contributed by atoms with E-state index < -0.39 is 82.0 Å². The number of aryl methyl sites for hydroxylation is 3. The van der Waals surface area contributed by atoms with Gasteiger partial charge in [-0.05, 0) is 199 Å². The van der Waals surface area contributed by atoms with Gasteiger partial charge >= 0.3 is 103 Å². The van der Waals surface area contributed by atoms with Crippen molar-refractivity contribution in [2.24, 2.45) is 17.8 Å². The molecule has 0 bridgehead atoms. The zero-order valence-corrected chi connectivity index (χ0v) is 69.3. The van der Waals surface area contributed by atoms with Crippen LogP contribution in [0, 0.1) is 38.5 Å². The van der Waals surface area contributed by atoms with Crippen LogP contribution in [-0.2, 0) is 66.2 Å². The molecule has 0 radical (unpaired) electrons. The monoisotopic (exact) mass is 1960 g/mol. The first-order valence-corrected chi connectivity index (χ1v) is 49.4. The third-order valence-electron chi connectivity index (χ3n) is 13.5. The molecule has 3 atom stereocenters. The number of aliphatic hydroxyl groups is 1. The quantitative estimate of drug-likeness (QED) is 0.00917. The topological polar surface area (TPSA) is 227 Å². The first-order valence-electron chi connectivity index (χ1n) is 32.5. The fourth-order valence-corrected chi connectivity index (χ4v) is 11.8. The van der Waals surface area contributed by atoms with Gasteiger partial charge in [-0.25, -0.2) is 14.4 Å². The molecule has 0 amide bonds. The van der Waals surface area contributed by atoms with Crippen LogP contribution < -0.4 is 41.7 Å². The molecule has 6 rings (SSSR count). The minimum atomic E-state index is -5.35. The van der Waals surface area contributed by atoms with E-state index in [1.54, 1.807) is 49.5 Å². The first kappa shape index (κ1) is 98.8. The maximum absolute atomic E-state index is 12.7. The first-order chi connectivity index (χ1) is 50.9. The normalized spacial score (nSPS) is 12.3. The van der Waals surface area contributed by atoms with Crippen molar-refractivity contribution in [1.29, 1.82) is 0 Å². The molecule has 0 aliphatic rings. The molecule has 0 aromatic heterocycles. The van der Waals surface area contributed by atoms with Crippen molar-refractivity contribution in [3.8, 4) is 34.5 Å². The van der Waals surface area contributed by atoms with E-state index >= 15 is 0 Å². The van der Waals surface area contributed by atoms with Crippen LogP contribution >= 0.6 is 72.5 Å². The van der Waals surface area contributed by atoms with Gasteiger partial charge in [-0.1, -0.05) is 0 Å². The predicted octanol–water partition coefficient (Wildman–Crippen LogP) is 15.5. The SMILES string of the molecule is CCOC(=O)COc1ccc(SCC(CO)COc2ccc(C(F)(F)F)cc2)cc1C.CCOCC(COc1ccc(C(F)(F)F)cc1)CSc1ccc(OCC(=O)O)c(C)c1.CCOCC(COc1ccc(C(F)(F)F)cc1)CSc1ccc(OCC(=O)OCC)c(C)c1.CCOS(=O)(=O)C(F)(F)F.I[I-]I. The summed E-state index contributed by atoms with van der Waals surface area (Å²) in [5.41, 5.74) is -4.88. The summed E-state index contributed by atoms with van der Waals surface area (Å²) < 4.78 is 225. The summed E-state index contributed by atoms with van der Waals surface area (Å²) in [6.07, 6.45) is -13.1. The van der Waals surface area contributed by atoms with Gasteiger partial charge in [0.25, 0.3) is 0 Å². The molecule has 18 nitrogen and oxygen atoms in total. The predicted molar refractivity (Wildman–Crippen MR) is 399 cm³/mol. The third-order valence-corrected chi connectivity index (χ3v) is 18.3. The Kier molecular flexibility index (Phi) is 47.7. The number of hydrogen-bond donors (Lipinski definition) is 2. The van der Waals surface area contributed by atoms with Gasteiger partial charge in [0.15, 0.2) is 19.8 Å². The molecule has 6 aromatic rings. The third kappa shape index (κ3) is 41.3. The Labute approximate surface area is 662 Å². The summed E-state index contributed by atoms with van der Waals surface area (Å²) in [5, 5.41) is 18.3. The summed E-state index contributed by atoms with van der Waals surface area (Å²) in [6, 6.07) is 30.5. The van der Waals surface area contributed by atoms with Crippen LogP contribution in [0.25, 0.3) is 0 Å². The number of carbonyl (C=O) groups is 3. The maximum atomic E-state index is 12.7. The number of carboxylic acids is 1. The van der Waals surface area contributed by atoms with Crippen molar-refractivity contribution in [2.75, 3.05) is 110 Å². The van der Waals surface area contributed by atoms with Gasteiger partial charge in [-0.3, -0.25) is 4.18 Å². The van der Waals surface area contributed by atoms with Crippen LogP contribution in [0.15, 0.2) is 142 Å². The summed E-state index contributed by atoms with van der Waals surface area (Å²) in [7, 11) is -5.35. The van der Waals surface area contributed by atoms with Gasteiger partial charge in [0, 0.05) is 69.5 Å². The standard InChI is InChI=1S/C24H29F3O5S.2C22H25F3O5S.C3H5F3O3S.I3/c1-4-29-13-18(14-31-20-8-6-19(7-9-20)24(25,26)27)16-33-21-10-11-22(17(3)12-21)32-15-23(28)30-5-2;1-3-28-11-16(12-29-18-6-4-17(5-7-18)22(23,24)25)14-31-19-8-9-20(15(2)10-19)30-13-21(26)27;1-3-28-21(27)13-30-20-9-8-19(10-15(20)2)31-14-16(11-26)12-29-18-6-4-17(5-7-18)22(23,24)25;1-2-9-10(7,8)3(4,5)6;1-3-2/h6-12,18H,4-5,13-16H2,1-3H3;4-10,16H,3,11-14H2,1-2H3,(H,26,27);4-10,16,26H,3,11-14H2,1-2H3;2H2,1H3;/q;;;;-1. The van der Waals surface area contributed by atoms with Crippen LogP contribution in [0.2, 0.25) is 0 Å². The minimum absolute atomic E-state index is 0.0236. The number of halogens is 15. The van der Waals surface area contributed by atoms with Crippen molar-refractivity contribution in [3.63, 3.8) is 0 Å². The Morgan fingerprint density at radius 3 is 0.972 bits per heavy atom. The molecule has 37 heteroatoms. The second-order valence-corrected chi connectivity index (χ2v) is 43.2. The van der Waals surface area contributed by atoms with E-state index in [9.17, 15) is 80.6 Å². The van der Waals surface area contributed by atoms with E-state index in [1.807, 2.05) is 77.1 Å². The molecule has 0 spiro atoms. The number of aliphatic carboxylic acids is 1. The summed E-state index contributed by atoms with van der Waals surface area (Å²) in [6.45, 7) is 16.1.